The van der Waals surface area contributed by atoms with Crippen molar-refractivity contribution in [2.45, 2.75) is 58.8 Å². The predicted molar refractivity (Wildman–Crippen MR) is 199 cm³/mol. The Labute approximate surface area is 312 Å². The van der Waals surface area contributed by atoms with E-state index in [0.717, 1.165) is 5.56 Å². The molecule has 0 saturated carbocycles. The maximum Gasteiger partial charge on any atom is 0.407 e. The first-order valence-electron chi connectivity index (χ1n) is 16.8. The average Bonchev–Trinajstić information content (AvgIpc) is 3.46. The number of morpholine rings is 1. The fourth-order valence-electron chi connectivity index (χ4n) is 6.24. The molecule has 0 aliphatic carbocycles. The number of aromatic nitrogens is 2. The lowest BCUT2D eigenvalue weighted by Gasteiger charge is -2.41. The number of hydrogen-bond acceptors (Lipinski definition) is 8. The number of amides is 3. The highest BCUT2D eigenvalue weighted by molar-refractivity contribution is 6.34. The Hall–Kier alpha value is -4.78. The Morgan fingerprint density at radius 3 is 2.46 bits per heavy atom. The van der Waals surface area contributed by atoms with Gasteiger partial charge in [0.25, 0.3) is 5.91 Å². The van der Waals surface area contributed by atoms with Gasteiger partial charge in [-0.25, -0.2) is 9.48 Å². The third kappa shape index (κ3) is 7.99. The van der Waals surface area contributed by atoms with E-state index in [-0.39, 0.29) is 37.1 Å². The monoisotopic (exact) mass is 749 g/mol. The van der Waals surface area contributed by atoms with Gasteiger partial charge in [0.2, 0.25) is 5.91 Å². The zero-order valence-corrected chi connectivity index (χ0v) is 31.4. The maximum atomic E-state index is 14.3. The minimum absolute atomic E-state index is 0.0476. The number of nitrogens with one attached hydrogen (secondary N) is 2. The van der Waals surface area contributed by atoms with Crippen molar-refractivity contribution < 1.29 is 33.3 Å². The molecule has 1 saturated heterocycles. The number of hydrogen-bond donors (Lipinski definition) is 2. The molecule has 1 aromatic heterocycles. The van der Waals surface area contributed by atoms with E-state index in [0.29, 0.717) is 75.1 Å². The Bertz CT molecular complexity index is 2020. The van der Waals surface area contributed by atoms with Gasteiger partial charge in [-0.2, -0.15) is 5.10 Å². The van der Waals surface area contributed by atoms with Crippen LogP contribution in [0.5, 0.6) is 11.5 Å². The van der Waals surface area contributed by atoms with Gasteiger partial charge >= 0.3 is 6.09 Å². The highest BCUT2D eigenvalue weighted by Gasteiger charge is 2.39. The number of alkyl carbamates (subject to hydrolysis) is 1. The first-order valence-corrected chi connectivity index (χ1v) is 17.6. The Morgan fingerprint density at radius 1 is 1.02 bits per heavy atom. The van der Waals surface area contributed by atoms with Crippen molar-refractivity contribution in [1.29, 1.82) is 0 Å². The van der Waals surface area contributed by atoms with Crippen molar-refractivity contribution in [2.24, 2.45) is 0 Å². The summed E-state index contributed by atoms with van der Waals surface area (Å²) in [7, 11) is 1.57. The topological polar surface area (TPSA) is 133 Å². The van der Waals surface area contributed by atoms with Crippen LogP contribution in [0.1, 0.15) is 57.1 Å². The van der Waals surface area contributed by atoms with Crippen molar-refractivity contribution >= 4 is 46.8 Å². The molecule has 12 nitrogen and oxygen atoms in total. The Kier molecular flexibility index (Phi) is 10.4. The highest BCUT2D eigenvalue weighted by atomic mass is 35.5. The van der Waals surface area contributed by atoms with Gasteiger partial charge in [-0.3, -0.25) is 9.59 Å². The maximum absolute atomic E-state index is 14.3. The first-order chi connectivity index (χ1) is 24.6. The minimum atomic E-state index is -0.638. The summed E-state index contributed by atoms with van der Waals surface area (Å²) < 4.78 is 24.7. The highest BCUT2D eigenvalue weighted by Crippen LogP contribution is 2.47. The van der Waals surface area contributed by atoms with Gasteiger partial charge in [-0.15, -0.1) is 0 Å². The number of benzene rings is 3. The van der Waals surface area contributed by atoms with Crippen molar-refractivity contribution in [3.05, 3.63) is 75.9 Å². The van der Waals surface area contributed by atoms with Gasteiger partial charge in [0, 0.05) is 58.0 Å². The van der Waals surface area contributed by atoms with Crippen molar-refractivity contribution in [1.82, 2.24) is 20.0 Å². The summed E-state index contributed by atoms with van der Waals surface area (Å²) in [4.78, 5) is 40.8. The second-order valence-corrected chi connectivity index (χ2v) is 15.1. The molecule has 3 heterocycles. The summed E-state index contributed by atoms with van der Waals surface area (Å²) in [6.07, 6.45) is -0.540. The Morgan fingerprint density at radius 2 is 1.77 bits per heavy atom. The zero-order chi connectivity index (χ0) is 37.4. The summed E-state index contributed by atoms with van der Waals surface area (Å²) in [5.74, 6) is 0.556. The number of nitrogens with zero attached hydrogens (tertiary/aromatic N) is 3. The zero-order valence-electron chi connectivity index (χ0n) is 29.9. The number of halogens is 2. The van der Waals surface area contributed by atoms with Crippen LogP contribution in [0.2, 0.25) is 10.0 Å². The third-order valence-electron chi connectivity index (χ3n) is 8.57. The molecule has 4 aromatic rings. The SMILES string of the molecule is COc1cc2c(cc1-c1cccc(NC(=O)CCNC(=O)OC(C)(C)C)c1)-c1c(c(C(=O)N3CCOCC3(C)C)nn1-c1cc(Cl)cc(Cl)c1)CO2. The summed E-state index contributed by atoms with van der Waals surface area (Å²) in [6.45, 7) is 10.7. The molecule has 274 valence electrons. The summed E-state index contributed by atoms with van der Waals surface area (Å²) in [5, 5.41) is 11.2. The molecule has 52 heavy (non-hydrogen) atoms. The molecule has 0 bridgehead atoms. The van der Waals surface area contributed by atoms with E-state index in [1.807, 2.05) is 38.1 Å². The number of carbonyl (C=O) groups excluding carboxylic acids is 3. The smallest absolute Gasteiger partial charge is 0.407 e. The predicted octanol–water partition coefficient (Wildman–Crippen LogP) is 7.52. The van der Waals surface area contributed by atoms with E-state index in [1.54, 1.807) is 67.8 Å². The van der Waals surface area contributed by atoms with Crippen LogP contribution in [0.25, 0.3) is 28.1 Å². The average molecular weight is 751 g/mol. The number of carbonyl (C=O) groups is 3. The largest absolute Gasteiger partial charge is 0.496 e. The van der Waals surface area contributed by atoms with Crippen LogP contribution in [0, 0.1) is 0 Å². The molecule has 6 rings (SSSR count). The molecule has 2 aliphatic rings. The molecule has 3 aromatic carbocycles. The summed E-state index contributed by atoms with van der Waals surface area (Å²) >= 11 is 12.9. The molecule has 0 spiro atoms. The van der Waals surface area contributed by atoms with Gasteiger partial charge < -0.3 is 34.5 Å². The summed E-state index contributed by atoms with van der Waals surface area (Å²) in [6, 6.07) is 16.2. The van der Waals surface area contributed by atoms with Crippen molar-refractivity contribution in [3.8, 4) is 39.6 Å². The van der Waals surface area contributed by atoms with Crippen molar-refractivity contribution in [2.75, 3.05) is 38.7 Å². The van der Waals surface area contributed by atoms with Crippen LogP contribution in [0.3, 0.4) is 0 Å². The van der Waals surface area contributed by atoms with Gasteiger partial charge in [0.1, 0.15) is 23.7 Å². The standard InChI is InChI=1S/C38H41Cl2N5O7/c1-37(2,3)52-36(48)41-11-10-32(46)42-25-9-7-8-22(14-25)27-18-28-31(19-30(27)49-6)51-20-29-33(35(47)44-12-13-50-21-38(44,4)5)43-45(34(28)29)26-16-23(39)15-24(40)17-26/h7-9,14-19H,10-13,20-21H2,1-6H3,(H,41,48)(H,42,46). The van der Waals surface area contributed by atoms with E-state index >= 15 is 0 Å². The fraction of sp³-hybridized carbons (Fsp3) is 0.368. The molecule has 14 heteroatoms. The molecule has 2 aliphatic heterocycles. The first kappa shape index (κ1) is 37.0. The van der Waals surface area contributed by atoms with Gasteiger partial charge in [0.05, 0.1) is 37.2 Å². The van der Waals surface area contributed by atoms with Crippen LogP contribution >= 0.6 is 23.2 Å². The van der Waals surface area contributed by atoms with E-state index in [4.69, 9.17) is 47.2 Å². The van der Waals surface area contributed by atoms with Gasteiger partial charge in [-0.05, 0) is 76.6 Å². The van der Waals surface area contributed by atoms with Crippen LogP contribution in [-0.2, 0) is 20.9 Å². The minimum Gasteiger partial charge on any atom is -0.496 e. The molecular weight excluding hydrogens is 709 g/mol. The Balaban J connectivity index is 1.37. The quantitative estimate of drug-likeness (QED) is 0.189. The van der Waals surface area contributed by atoms with E-state index in [9.17, 15) is 14.4 Å². The lowest BCUT2D eigenvalue weighted by Crippen LogP contribution is -2.55. The second kappa shape index (κ2) is 14.7. The number of methoxy groups -OCH3 is 1. The van der Waals surface area contributed by atoms with E-state index in [2.05, 4.69) is 10.6 Å². The number of anilines is 1. The van der Waals surface area contributed by atoms with Crippen LogP contribution < -0.4 is 20.1 Å². The second-order valence-electron chi connectivity index (χ2n) is 14.2. The van der Waals surface area contributed by atoms with Crippen LogP contribution in [0.4, 0.5) is 10.5 Å². The normalized spacial score (nSPS) is 14.8. The van der Waals surface area contributed by atoms with E-state index in [1.165, 1.54) is 0 Å². The van der Waals surface area contributed by atoms with E-state index < -0.39 is 17.2 Å². The number of ether oxygens (including phenoxy) is 4. The number of rotatable bonds is 8. The molecular formula is C38H41Cl2N5O7. The number of fused-ring (bicyclic) bond motifs is 3. The van der Waals surface area contributed by atoms with Crippen LogP contribution in [-0.4, -0.2) is 77.1 Å². The fourth-order valence-corrected chi connectivity index (χ4v) is 6.75. The summed E-state index contributed by atoms with van der Waals surface area (Å²) in [5.41, 5.74) is 3.60. The van der Waals surface area contributed by atoms with Crippen molar-refractivity contribution in [3.63, 3.8) is 0 Å². The molecule has 0 radical (unpaired) electrons. The van der Waals surface area contributed by atoms with Gasteiger partial charge in [0.15, 0.2) is 5.69 Å². The molecule has 0 atom stereocenters. The molecule has 2 N–H and O–H groups in total. The third-order valence-corrected chi connectivity index (χ3v) is 9.01. The molecule has 1 fully saturated rings. The van der Waals surface area contributed by atoms with Gasteiger partial charge in [-0.1, -0.05) is 35.3 Å². The molecule has 0 unspecified atom stereocenters. The lowest BCUT2D eigenvalue weighted by atomic mass is 9.95. The lowest BCUT2D eigenvalue weighted by molar-refractivity contribution is -0.116. The molecule has 3 amide bonds. The van der Waals surface area contributed by atoms with Crippen LogP contribution in [0.15, 0.2) is 54.6 Å².